The number of rotatable bonds is 5. The molecule has 0 saturated carbocycles. The second kappa shape index (κ2) is 8.56. The molecule has 0 bridgehead atoms. The summed E-state index contributed by atoms with van der Waals surface area (Å²) in [5.41, 5.74) is 3.76. The van der Waals surface area contributed by atoms with E-state index in [4.69, 9.17) is 11.6 Å². The molecular weight excluding hydrogens is 320 g/mol. The van der Waals surface area contributed by atoms with Crippen LogP contribution in [0.2, 0.25) is 5.02 Å². The highest BCUT2D eigenvalue weighted by Crippen LogP contribution is 2.22. The lowest BCUT2D eigenvalue weighted by atomic mass is 10.0. The Balaban J connectivity index is 1.80. The van der Waals surface area contributed by atoms with Crippen LogP contribution in [0.3, 0.4) is 0 Å². The average Bonchev–Trinajstić information content (AvgIpc) is 2.87. The molecule has 128 valence electrons. The Morgan fingerprint density at radius 3 is 2.79 bits per heavy atom. The lowest BCUT2D eigenvalue weighted by Crippen LogP contribution is -2.35. The zero-order chi connectivity index (χ0) is 16.8. The van der Waals surface area contributed by atoms with E-state index in [1.165, 1.54) is 36.0 Å². The van der Waals surface area contributed by atoms with Gasteiger partial charge in [-0.1, -0.05) is 17.7 Å². The van der Waals surface area contributed by atoms with Crippen LogP contribution in [0.4, 0.5) is 0 Å². The summed E-state index contributed by atoms with van der Waals surface area (Å²) < 4.78 is 0. The summed E-state index contributed by atoms with van der Waals surface area (Å²) in [5.74, 6) is 0. The van der Waals surface area contributed by atoms with Gasteiger partial charge in [0.2, 0.25) is 0 Å². The van der Waals surface area contributed by atoms with Gasteiger partial charge in [0.15, 0.2) is 0 Å². The third-order valence-electron chi connectivity index (χ3n) is 4.74. The smallest absolute Gasteiger partial charge is 0.115 e. The van der Waals surface area contributed by atoms with Crippen molar-refractivity contribution in [2.24, 2.45) is 0 Å². The largest absolute Gasteiger partial charge is 0.317 e. The molecule has 1 fully saturated rings. The molecule has 1 aliphatic rings. The molecule has 0 amide bonds. The third-order valence-corrected chi connectivity index (χ3v) is 4.97. The van der Waals surface area contributed by atoms with Gasteiger partial charge in [0.1, 0.15) is 6.33 Å². The Morgan fingerprint density at radius 2 is 2.00 bits per heavy atom. The van der Waals surface area contributed by atoms with Crippen molar-refractivity contribution in [2.75, 3.05) is 13.1 Å². The molecule has 3 rings (SSSR count). The monoisotopic (exact) mass is 344 g/mol. The van der Waals surface area contributed by atoms with Gasteiger partial charge < -0.3 is 5.32 Å². The molecule has 1 N–H and O–H groups in total. The molecule has 0 radical (unpaired) electrons. The molecule has 1 saturated heterocycles. The summed E-state index contributed by atoms with van der Waals surface area (Å²) in [6.07, 6.45) is 9.07. The number of hydrogen-bond donors (Lipinski definition) is 1. The lowest BCUT2D eigenvalue weighted by Gasteiger charge is -2.31. The zero-order valence-corrected chi connectivity index (χ0v) is 15.0. The van der Waals surface area contributed by atoms with E-state index in [9.17, 15) is 0 Å². The summed E-state index contributed by atoms with van der Waals surface area (Å²) in [6, 6.07) is 6.77. The van der Waals surface area contributed by atoms with Crippen LogP contribution in [-0.2, 0) is 13.1 Å². The molecule has 4 nitrogen and oxygen atoms in total. The normalized spacial score (nSPS) is 18.5. The number of nitrogens with one attached hydrogen (secondary N) is 1. The maximum Gasteiger partial charge on any atom is 0.115 e. The number of hydrogen-bond acceptors (Lipinski definition) is 4. The molecular formula is C19H25ClN4. The summed E-state index contributed by atoms with van der Waals surface area (Å²) in [6.45, 7) is 6.17. The van der Waals surface area contributed by atoms with E-state index in [1.54, 1.807) is 6.33 Å². The Hall–Kier alpha value is -1.49. The Kier molecular flexibility index (Phi) is 6.18. The van der Waals surface area contributed by atoms with Crippen molar-refractivity contribution < 1.29 is 0 Å². The summed E-state index contributed by atoms with van der Waals surface area (Å²) in [4.78, 5) is 10.9. The fourth-order valence-electron chi connectivity index (χ4n) is 3.38. The fraction of sp³-hybridized carbons (Fsp3) is 0.474. The van der Waals surface area contributed by atoms with E-state index in [2.05, 4.69) is 39.2 Å². The molecule has 2 heterocycles. The molecule has 2 aromatic rings. The van der Waals surface area contributed by atoms with Crippen molar-refractivity contribution in [3.05, 3.63) is 58.6 Å². The third kappa shape index (κ3) is 4.76. The Labute approximate surface area is 149 Å². The average molecular weight is 345 g/mol. The van der Waals surface area contributed by atoms with Gasteiger partial charge in [-0.3, -0.25) is 4.90 Å². The minimum absolute atomic E-state index is 0.579. The van der Waals surface area contributed by atoms with Crippen molar-refractivity contribution >= 4 is 11.6 Å². The highest BCUT2D eigenvalue weighted by Gasteiger charge is 2.21. The van der Waals surface area contributed by atoms with Gasteiger partial charge in [-0.25, -0.2) is 9.97 Å². The van der Waals surface area contributed by atoms with Gasteiger partial charge in [-0.2, -0.15) is 0 Å². The van der Waals surface area contributed by atoms with E-state index in [0.717, 1.165) is 31.2 Å². The van der Waals surface area contributed by atoms with Crippen molar-refractivity contribution in [1.29, 1.82) is 0 Å². The van der Waals surface area contributed by atoms with Crippen LogP contribution in [0, 0.1) is 6.92 Å². The molecule has 1 aromatic carbocycles. The SMILES string of the molecule is Cc1cc(Cl)ccc1CN(Cc1cncnc1)[C@@H]1CCCNCC1. The van der Waals surface area contributed by atoms with Crippen LogP contribution in [0.1, 0.15) is 36.0 Å². The molecule has 24 heavy (non-hydrogen) atoms. The van der Waals surface area contributed by atoms with Crippen molar-refractivity contribution in [3.8, 4) is 0 Å². The maximum absolute atomic E-state index is 6.12. The molecule has 1 aliphatic heterocycles. The van der Waals surface area contributed by atoms with Gasteiger partial charge in [0, 0.05) is 42.1 Å². The Morgan fingerprint density at radius 1 is 1.17 bits per heavy atom. The van der Waals surface area contributed by atoms with E-state index in [0.29, 0.717) is 6.04 Å². The van der Waals surface area contributed by atoms with E-state index >= 15 is 0 Å². The maximum atomic E-state index is 6.12. The highest BCUT2D eigenvalue weighted by molar-refractivity contribution is 6.30. The standard InChI is InChI=1S/C19H25ClN4/c1-15-9-18(20)5-4-17(15)13-24(12-16-10-22-14-23-11-16)19-3-2-7-21-8-6-19/h4-5,9-11,14,19,21H,2-3,6-8,12-13H2,1H3/t19-/m1/s1. The summed E-state index contributed by atoms with van der Waals surface area (Å²) >= 11 is 6.12. The predicted molar refractivity (Wildman–Crippen MR) is 98.0 cm³/mol. The predicted octanol–water partition coefficient (Wildman–Crippen LogP) is 3.58. The highest BCUT2D eigenvalue weighted by atomic mass is 35.5. The van der Waals surface area contributed by atoms with Crippen molar-refractivity contribution in [1.82, 2.24) is 20.2 Å². The molecule has 5 heteroatoms. The minimum atomic E-state index is 0.579. The molecule has 1 aromatic heterocycles. The van der Waals surface area contributed by atoms with E-state index in [1.807, 2.05) is 18.5 Å². The first kappa shape index (κ1) is 17.3. The number of benzene rings is 1. The molecule has 0 aliphatic carbocycles. The fourth-order valence-corrected chi connectivity index (χ4v) is 3.61. The minimum Gasteiger partial charge on any atom is -0.317 e. The van der Waals surface area contributed by atoms with Crippen molar-refractivity contribution in [3.63, 3.8) is 0 Å². The molecule has 0 spiro atoms. The van der Waals surface area contributed by atoms with Gasteiger partial charge in [0.05, 0.1) is 0 Å². The van der Waals surface area contributed by atoms with Gasteiger partial charge in [-0.05, 0) is 62.5 Å². The van der Waals surface area contributed by atoms with Crippen LogP contribution >= 0.6 is 11.6 Å². The molecule has 1 atom stereocenters. The number of nitrogens with zero attached hydrogens (tertiary/aromatic N) is 3. The second-order valence-corrected chi connectivity index (χ2v) is 6.99. The van der Waals surface area contributed by atoms with Crippen LogP contribution in [-0.4, -0.2) is 34.0 Å². The topological polar surface area (TPSA) is 41.1 Å². The summed E-state index contributed by atoms with van der Waals surface area (Å²) in [7, 11) is 0. The number of aromatic nitrogens is 2. The summed E-state index contributed by atoms with van der Waals surface area (Å²) in [5, 5.41) is 4.31. The van der Waals surface area contributed by atoms with Gasteiger partial charge >= 0.3 is 0 Å². The quantitative estimate of drug-likeness (QED) is 0.900. The first-order valence-electron chi connectivity index (χ1n) is 8.66. The first-order valence-corrected chi connectivity index (χ1v) is 9.04. The molecule has 0 unspecified atom stereocenters. The second-order valence-electron chi connectivity index (χ2n) is 6.56. The van der Waals surface area contributed by atoms with Crippen LogP contribution in [0.25, 0.3) is 0 Å². The van der Waals surface area contributed by atoms with Crippen LogP contribution in [0.15, 0.2) is 36.9 Å². The van der Waals surface area contributed by atoms with Gasteiger partial charge in [0.25, 0.3) is 0 Å². The Bertz CT molecular complexity index is 639. The zero-order valence-electron chi connectivity index (χ0n) is 14.2. The van der Waals surface area contributed by atoms with E-state index < -0.39 is 0 Å². The van der Waals surface area contributed by atoms with Crippen LogP contribution < -0.4 is 5.32 Å². The number of aryl methyl sites for hydroxylation is 1. The lowest BCUT2D eigenvalue weighted by molar-refractivity contribution is 0.163. The van der Waals surface area contributed by atoms with Crippen LogP contribution in [0.5, 0.6) is 0 Å². The van der Waals surface area contributed by atoms with Gasteiger partial charge in [-0.15, -0.1) is 0 Å². The van der Waals surface area contributed by atoms with E-state index in [-0.39, 0.29) is 0 Å². The first-order chi connectivity index (χ1) is 11.7. The number of halogens is 1. The van der Waals surface area contributed by atoms with Crippen molar-refractivity contribution in [2.45, 2.75) is 45.3 Å².